The summed E-state index contributed by atoms with van der Waals surface area (Å²) >= 11 is 0. The van der Waals surface area contributed by atoms with E-state index < -0.39 is 0 Å². The number of hydrogen-bond acceptors (Lipinski definition) is 4. The standard InChI is InChI=1S/C18H18N6O2/c1-19-17(25)11-3-2-4-13(7-11)22-18(26)24-6-5-14-12(10-24)8-20-16-15(14)9-21-23-16/h2-4,7-9H,5-6,10H2,1H3,(H,19,25)(H,22,26)(H,20,21,23). The third kappa shape index (κ3) is 2.85. The molecule has 8 nitrogen and oxygen atoms in total. The van der Waals surface area contributed by atoms with E-state index in [0.717, 1.165) is 23.0 Å². The molecule has 8 heteroatoms. The Morgan fingerprint density at radius 3 is 3.00 bits per heavy atom. The van der Waals surface area contributed by atoms with Gasteiger partial charge < -0.3 is 15.5 Å². The van der Waals surface area contributed by atoms with Crippen LogP contribution in [0, 0.1) is 0 Å². The summed E-state index contributed by atoms with van der Waals surface area (Å²) in [6.45, 7) is 1.10. The first-order chi connectivity index (χ1) is 12.7. The van der Waals surface area contributed by atoms with E-state index in [1.165, 1.54) is 5.56 Å². The van der Waals surface area contributed by atoms with Crippen molar-refractivity contribution in [1.29, 1.82) is 0 Å². The minimum Gasteiger partial charge on any atom is -0.355 e. The molecule has 0 unspecified atom stereocenters. The molecule has 1 aliphatic rings. The van der Waals surface area contributed by atoms with Crippen LogP contribution in [0.25, 0.3) is 11.0 Å². The Morgan fingerprint density at radius 2 is 2.15 bits per heavy atom. The Kier molecular flexibility index (Phi) is 4.00. The van der Waals surface area contributed by atoms with Crippen molar-refractivity contribution < 1.29 is 9.59 Å². The van der Waals surface area contributed by atoms with Crippen LogP contribution in [0.3, 0.4) is 0 Å². The minimum absolute atomic E-state index is 0.191. The molecule has 3 aromatic rings. The maximum atomic E-state index is 12.6. The molecule has 3 heterocycles. The van der Waals surface area contributed by atoms with Gasteiger partial charge in [0, 0.05) is 43.0 Å². The summed E-state index contributed by atoms with van der Waals surface area (Å²) in [6, 6.07) is 6.67. The molecule has 26 heavy (non-hydrogen) atoms. The van der Waals surface area contributed by atoms with E-state index in [1.807, 2.05) is 0 Å². The Balaban J connectivity index is 1.50. The van der Waals surface area contributed by atoms with Crippen molar-refractivity contribution in [2.75, 3.05) is 18.9 Å². The quantitative estimate of drug-likeness (QED) is 0.657. The summed E-state index contributed by atoms with van der Waals surface area (Å²) in [6.07, 6.45) is 4.32. The van der Waals surface area contributed by atoms with Crippen molar-refractivity contribution >= 4 is 28.7 Å². The fourth-order valence-corrected chi connectivity index (χ4v) is 3.21. The fraction of sp³-hybridized carbons (Fsp3) is 0.222. The van der Waals surface area contributed by atoms with Crippen molar-refractivity contribution in [3.63, 3.8) is 0 Å². The van der Waals surface area contributed by atoms with Gasteiger partial charge in [-0.3, -0.25) is 9.89 Å². The zero-order valence-corrected chi connectivity index (χ0v) is 14.2. The number of anilines is 1. The van der Waals surface area contributed by atoms with Gasteiger partial charge in [0.25, 0.3) is 5.91 Å². The Hall–Kier alpha value is -3.42. The van der Waals surface area contributed by atoms with Gasteiger partial charge in [-0.1, -0.05) is 6.07 Å². The Bertz CT molecular complexity index is 996. The second kappa shape index (κ2) is 6.47. The number of aromatic amines is 1. The molecule has 0 bridgehead atoms. The number of urea groups is 1. The highest BCUT2D eigenvalue weighted by atomic mass is 16.2. The molecular weight excluding hydrogens is 332 g/mol. The summed E-state index contributed by atoms with van der Waals surface area (Å²) in [5.41, 5.74) is 4.08. The molecular formula is C18H18N6O2. The van der Waals surface area contributed by atoms with E-state index in [2.05, 4.69) is 25.8 Å². The normalized spacial score (nSPS) is 13.3. The number of benzene rings is 1. The average Bonchev–Trinajstić information content (AvgIpc) is 3.16. The van der Waals surface area contributed by atoms with Crippen LogP contribution in [0.2, 0.25) is 0 Å². The first-order valence-electron chi connectivity index (χ1n) is 8.33. The molecule has 3 N–H and O–H groups in total. The van der Waals surface area contributed by atoms with Crippen LogP contribution in [-0.2, 0) is 13.0 Å². The van der Waals surface area contributed by atoms with Crippen LogP contribution in [0.1, 0.15) is 21.5 Å². The smallest absolute Gasteiger partial charge is 0.322 e. The van der Waals surface area contributed by atoms with E-state index in [0.29, 0.717) is 24.3 Å². The van der Waals surface area contributed by atoms with E-state index in [4.69, 9.17) is 0 Å². The van der Waals surface area contributed by atoms with Crippen LogP contribution in [0.15, 0.2) is 36.7 Å². The Labute approximate surface area is 149 Å². The summed E-state index contributed by atoms with van der Waals surface area (Å²) in [4.78, 5) is 30.4. The topological polar surface area (TPSA) is 103 Å². The molecule has 0 saturated heterocycles. The Morgan fingerprint density at radius 1 is 1.27 bits per heavy atom. The zero-order chi connectivity index (χ0) is 18.1. The number of pyridine rings is 1. The van der Waals surface area contributed by atoms with Crippen LogP contribution in [-0.4, -0.2) is 45.6 Å². The number of amides is 3. The van der Waals surface area contributed by atoms with Gasteiger partial charge in [-0.15, -0.1) is 0 Å². The highest BCUT2D eigenvalue weighted by molar-refractivity contribution is 5.96. The van der Waals surface area contributed by atoms with Gasteiger partial charge in [0.15, 0.2) is 5.65 Å². The SMILES string of the molecule is CNC(=O)c1cccc(NC(=O)N2CCc3c(cnc4[nH]ncc34)C2)c1. The predicted molar refractivity (Wildman–Crippen MR) is 96.9 cm³/mol. The monoisotopic (exact) mass is 350 g/mol. The van der Waals surface area contributed by atoms with Gasteiger partial charge in [0.2, 0.25) is 0 Å². The summed E-state index contributed by atoms with van der Waals surface area (Å²) in [5, 5.41) is 13.4. The van der Waals surface area contributed by atoms with Crippen molar-refractivity contribution in [3.05, 3.63) is 53.3 Å². The van der Waals surface area contributed by atoms with Gasteiger partial charge in [-0.2, -0.15) is 5.10 Å². The van der Waals surface area contributed by atoms with Gasteiger partial charge in [-0.05, 0) is 35.7 Å². The first-order valence-corrected chi connectivity index (χ1v) is 8.33. The number of carbonyl (C=O) groups is 2. The number of rotatable bonds is 2. The maximum absolute atomic E-state index is 12.6. The van der Waals surface area contributed by atoms with Gasteiger partial charge in [0.1, 0.15) is 0 Å². The molecule has 1 aromatic carbocycles. The maximum Gasteiger partial charge on any atom is 0.322 e. The van der Waals surface area contributed by atoms with Crippen LogP contribution in [0.4, 0.5) is 10.5 Å². The molecule has 0 fully saturated rings. The van der Waals surface area contributed by atoms with E-state index in [-0.39, 0.29) is 11.9 Å². The number of carbonyl (C=O) groups excluding carboxylic acids is 2. The highest BCUT2D eigenvalue weighted by Crippen LogP contribution is 2.25. The zero-order valence-electron chi connectivity index (χ0n) is 14.2. The van der Waals surface area contributed by atoms with Crippen molar-refractivity contribution in [2.24, 2.45) is 0 Å². The lowest BCUT2D eigenvalue weighted by Gasteiger charge is -2.29. The predicted octanol–water partition coefficient (Wildman–Crippen LogP) is 1.91. The number of nitrogens with zero attached hydrogens (tertiary/aromatic N) is 3. The second-order valence-electron chi connectivity index (χ2n) is 6.16. The molecule has 1 aliphatic heterocycles. The number of aromatic nitrogens is 3. The van der Waals surface area contributed by atoms with Gasteiger partial charge in [-0.25, -0.2) is 9.78 Å². The molecule has 3 amide bonds. The third-order valence-corrected chi connectivity index (χ3v) is 4.56. The largest absolute Gasteiger partial charge is 0.355 e. The first kappa shape index (κ1) is 16.1. The highest BCUT2D eigenvalue weighted by Gasteiger charge is 2.23. The third-order valence-electron chi connectivity index (χ3n) is 4.56. The number of nitrogens with one attached hydrogen (secondary N) is 3. The van der Waals surface area contributed by atoms with Crippen LogP contribution >= 0.6 is 0 Å². The van der Waals surface area contributed by atoms with Gasteiger partial charge >= 0.3 is 6.03 Å². The van der Waals surface area contributed by atoms with Crippen molar-refractivity contribution in [2.45, 2.75) is 13.0 Å². The fourth-order valence-electron chi connectivity index (χ4n) is 3.21. The van der Waals surface area contributed by atoms with Crippen molar-refractivity contribution in [1.82, 2.24) is 25.4 Å². The molecule has 0 aliphatic carbocycles. The second-order valence-corrected chi connectivity index (χ2v) is 6.16. The lowest BCUT2D eigenvalue weighted by atomic mass is 9.99. The molecule has 2 aromatic heterocycles. The van der Waals surface area contributed by atoms with Crippen LogP contribution in [0.5, 0.6) is 0 Å². The number of fused-ring (bicyclic) bond motifs is 3. The summed E-state index contributed by atoms with van der Waals surface area (Å²) in [5.74, 6) is -0.191. The summed E-state index contributed by atoms with van der Waals surface area (Å²) < 4.78 is 0. The van der Waals surface area contributed by atoms with E-state index in [1.54, 1.807) is 48.6 Å². The van der Waals surface area contributed by atoms with Gasteiger partial charge in [0.05, 0.1) is 6.20 Å². The van der Waals surface area contributed by atoms with E-state index in [9.17, 15) is 9.59 Å². The molecule has 0 spiro atoms. The number of H-pyrrole nitrogens is 1. The van der Waals surface area contributed by atoms with Crippen LogP contribution < -0.4 is 10.6 Å². The molecule has 0 atom stereocenters. The van der Waals surface area contributed by atoms with Crippen molar-refractivity contribution in [3.8, 4) is 0 Å². The molecule has 0 saturated carbocycles. The molecule has 0 radical (unpaired) electrons. The molecule has 132 valence electrons. The summed E-state index contributed by atoms with van der Waals surface area (Å²) in [7, 11) is 1.57. The van der Waals surface area contributed by atoms with E-state index >= 15 is 0 Å². The number of hydrogen-bond donors (Lipinski definition) is 3. The lowest BCUT2D eigenvalue weighted by molar-refractivity contribution is 0.0963. The average molecular weight is 350 g/mol. The lowest BCUT2D eigenvalue weighted by Crippen LogP contribution is -2.39. The molecule has 4 rings (SSSR count). The minimum atomic E-state index is -0.197.